The largest absolute Gasteiger partial charge is 0.484 e. The molecular weight excluding hydrogens is 306 g/mol. The van der Waals surface area contributed by atoms with Gasteiger partial charge in [-0.2, -0.15) is 0 Å². The Balaban J connectivity index is 1.39. The van der Waals surface area contributed by atoms with E-state index in [0.29, 0.717) is 6.04 Å². The van der Waals surface area contributed by atoms with Crippen molar-refractivity contribution in [3.63, 3.8) is 0 Å². The number of para-hydroxylation sites is 1. The third-order valence-electron chi connectivity index (χ3n) is 5.11. The number of benzene rings is 1. The Morgan fingerprint density at radius 1 is 1.21 bits per heavy atom. The van der Waals surface area contributed by atoms with Gasteiger partial charge in [0.15, 0.2) is 6.61 Å². The van der Waals surface area contributed by atoms with E-state index in [2.05, 4.69) is 4.90 Å². The Kier molecular flexibility index (Phi) is 5.04. The highest BCUT2D eigenvalue weighted by molar-refractivity contribution is 5.79. The molecule has 2 amide bonds. The fourth-order valence-electron chi connectivity index (χ4n) is 3.39. The maximum atomic E-state index is 12.2. The van der Waals surface area contributed by atoms with E-state index in [4.69, 9.17) is 10.5 Å². The number of likely N-dealkylation sites (tertiary alicyclic amines) is 2. The van der Waals surface area contributed by atoms with Gasteiger partial charge in [0, 0.05) is 25.0 Å². The molecule has 3 rings (SSSR count). The van der Waals surface area contributed by atoms with Crippen molar-refractivity contribution in [1.29, 1.82) is 0 Å². The van der Waals surface area contributed by atoms with E-state index < -0.39 is 0 Å². The number of aryl methyl sites for hydroxylation is 1. The molecule has 0 aromatic heterocycles. The van der Waals surface area contributed by atoms with Gasteiger partial charge < -0.3 is 15.4 Å². The van der Waals surface area contributed by atoms with Crippen molar-refractivity contribution in [3.05, 3.63) is 29.8 Å². The number of carbonyl (C=O) groups is 2. The Morgan fingerprint density at radius 3 is 2.50 bits per heavy atom. The monoisotopic (exact) mass is 331 g/mol. The van der Waals surface area contributed by atoms with E-state index >= 15 is 0 Å². The predicted molar refractivity (Wildman–Crippen MR) is 90.5 cm³/mol. The zero-order valence-electron chi connectivity index (χ0n) is 14.1. The first kappa shape index (κ1) is 16.8. The second-order valence-electron chi connectivity index (χ2n) is 6.72. The van der Waals surface area contributed by atoms with E-state index in [1.807, 2.05) is 36.1 Å². The fraction of sp³-hybridized carbons (Fsp3) is 0.556. The van der Waals surface area contributed by atoms with Crippen molar-refractivity contribution in [2.75, 3.05) is 32.8 Å². The molecule has 6 nitrogen and oxygen atoms in total. The number of piperidine rings is 1. The molecule has 130 valence electrons. The number of nitrogens with zero attached hydrogens (tertiary/aromatic N) is 2. The number of hydrogen-bond donors (Lipinski definition) is 1. The molecule has 0 atom stereocenters. The molecule has 0 spiro atoms. The van der Waals surface area contributed by atoms with E-state index in [-0.39, 0.29) is 24.3 Å². The van der Waals surface area contributed by atoms with Crippen LogP contribution in [0.25, 0.3) is 0 Å². The SMILES string of the molecule is Cc1ccccc1OCC(=O)N1CC(N2CCC(C(N)=O)CC2)C1. The van der Waals surface area contributed by atoms with Crippen LogP contribution < -0.4 is 10.5 Å². The molecule has 2 fully saturated rings. The van der Waals surface area contributed by atoms with Crippen molar-refractivity contribution in [2.45, 2.75) is 25.8 Å². The number of amides is 2. The number of hydrogen-bond acceptors (Lipinski definition) is 4. The Hall–Kier alpha value is -2.08. The van der Waals surface area contributed by atoms with Gasteiger partial charge in [-0.1, -0.05) is 18.2 Å². The second-order valence-corrected chi connectivity index (χ2v) is 6.72. The van der Waals surface area contributed by atoms with Crippen LogP contribution in [0.5, 0.6) is 5.75 Å². The van der Waals surface area contributed by atoms with Gasteiger partial charge in [-0.25, -0.2) is 0 Å². The van der Waals surface area contributed by atoms with Crippen LogP contribution in [0.2, 0.25) is 0 Å². The van der Waals surface area contributed by atoms with Gasteiger partial charge in [-0.05, 0) is 44.5 Å². The van der Waals surface area contributed by atoms with Crippen molar-refractivity contribution in [2.24, 2.45) is 11.7 Å². The molecular formula is C18H25N3O3. The Bertz CT molecular complexity index is 605. The number of nitrogens with two attached hydrogens (primary N) is 1. The fourth-order valence-corrected chi connectivity index (χ4v) is 3.39. The molecule has 0 saturated carbocycles. The van der Waals surface area contributed by atoms with Gasteiger partial charge in [-0.3, -0.25) is 14.5 Å². The summed E-state index contributed by atoms with van der Waals surface area (Å²) in [6.07, 6.45) is 1.66. The van der Waals surface area contributed by atoms with Crippen molar-refractivity contribution < 1.29 is 14.3 Å². The highest BCUT2D eigenvalue weighted by Gasteiger charge is 2.37. The Labute approximate surface area is 142 Å². The second kappa shape index (κ2) is 7.21. The van der Waals surface area contributed by atoms with E-state index in [0.717, 1.165) is 50.3 Å². The third-order valence-corrected chi connectivity index (χ3v) is 5.11. The van der Waals surface area contributed by atoms with Crippen LogP contribution >= 0.6 is 0 Å². The van der Waals surface area contributed by atoms with E-state index in [1.54, 1.807) is 0 Å². The summed E-state index contributed by atoms with van der Waals surface area (Å²) >= 11 is 0. The van der Waals surface area contributed by atoms with Gasteiger partial charge in [0.2, 0.25) is 5.91 Å². The molecule has 1 aromatic rings. The molecule has 2 aliphatic heterocycles. The van der Waals surface area contributed by atoms with Gasteiger partial charge in [0.05, 0.1) is 0 Å². The van der Waals surface area contributed by atoms with Gasteiger partial charge in [0.1, 0.15) is 5.75 Å². The number of rotatable bonds is 5. The lowest BCUT2D eigenvalue weighted by molar-refractivity contribution is -0.141. The van der Waals surface area contributed by atoms with Crippen LogP contribution in [-0.4, -0.2) is 60.4 Å². The van der Waals surface area contributed by atoms with Crippen molar-refractivity contribution in [3.8, 4) is 5.75 Å². The molecule has 0 unspecified atom stereocenters. The summed E-state index contributed by atoms with van der Waals surface area (Å²) in [6.45, 7) is 5.32. The molecule has 2 N–H and O–H groups in total. The predicted octanol–water partition coefficient (Wildman–Crippen LogP) is 0.782. The number of ether oxygens (including phenoxy) is 1. The highest BCUT2D eigenvalue weighted by Crippen LogP contribution is 2.23. The quantitative estimate of drug-likeness (QED) is 0.865. The van der Waals surface area contributed by atoms with Crippen molar-refractivity contribution in [1.82, 2.24) is 9.80 Å². The summed E-state index contributed by atoms with van der Waals surface area (Å²) in [7, 11) is 0. The van der Waals surface area contributed by atoms with Crippen LogP contribution in [-0.2, 0) is 9.59 Å². The lowest BCUT2D eigenvalue weighted by Gasteiger charge is -2.47. The van der Waals surface area contributed by atoms with Gasteiger partial charge in [0.25, 0.3) is 5.91 Å². The maximum Gasteiger partial charge on any atom is 0.260 e. The minimum atomic E-state index is -0.187. The number of carbonyl (C=O) groups excluding carboxylic acids is 2. The zero-order valence-corrected chi connectivity index (χ0v) is 14.1. The minimum Gasteiger partial charge on any atom is -0.484 e. The molecule has 0 aliphatic carbocycles. The smallest absolute Gasteiger partial charge is 0.260 e. The topological polar surface area (TPSA) is 75.9 Å². The minimum absolute atomic E-state index is 0.0153. The summed E-state index contributed by atoms with van der Waals surface area (Å²) in [4.78, 5) is 27.6. The summed E-state index contributed by atoms with van der Waals surface area (Å²) in [5, 5.41) is 0. The van der Waals surface area contributed by atoms with Crippen LogP contribution in [0, 0.1) is 12.8 Å². The van der Waals surface area contributed by atoms with Crippen LogP contribution in [0.3, 0.4) is 0 Å². The summed E-state index contributed by atoms with van der Waals surface area (Å²) in [5.41, 5.74) is 6.40. The molecule has 24 heavy (non-hydrogen) atoms. The van der Waals surface area contributed by atoms with Crippen LogP contribution in [0.4, 0.5) is 0 Å². The molecule has 2 saturated heterocycles. The molecule has 2 aliphatic rings. The van der Waals surface area contributed by atoms with Gasteiger partial charge in [-0.15, -0.1) is 0 Å². The van der Waals surface area contributed by atoms with E-state index in [1.165, 1.54) is 0 Å². The van der Waals surface area contributed by atoms with Crippen LogP contribution in [0.15, 0.2) is 24.3 Å². The normalized spacial score (nSPS) is 19.8. The van der Waals surface area contributed by atoms with Gasteiger partial charge >= 0.3 is 0 Å². The average Bonchev–Trinajstić information content (AvgIpc) is 2.53. The zero-order chi connectivity index (χ0) is 17.1. The standard InChI is InChI=1S/C18H25N3O3/c1-13-4-2-3-5-16(13)24-12-17(22)21-10-15(11-21)20-8-6-14(7-9-20)18(19)23/h2-5,14-15H,6-12H2,1H3,(H2,19,23). The lowest BCUT2D eigenvalue weighted by Crippen LogP contribution is -2.63. The first-order chi connectivity index (χ1) is 11.5. The molecule has 2 heterocycles. The summed E-state index contributed by atoms with van der Waals surface area (Å²) in [5.74, 6) is 0.618. The summed E-state index contributed by atoms with van der Waals surface area (Å²) < 4.78 is 5.62. The summed E-state index contributed by atoms with van der Waals surface area (Å²) in [6, 6.07) is 8.11. The third kappa shape index (κ3) is 3.70. The highest BCUT2D eigenvalue weighted by atomic mass is 16.5. The molecule has 1 aromatic carbocycles. The molecule has 6 heteroatoms. The number of primary amides is 1. The average molecular weight is 331 g/mol. The lowest BCUT2D eigenvalue weighted by atomic mass is 9.94. The van der Waals surface area contributed by atoms with Crippen LogP contribution in [0.1, 0.15) is 18.4 Å². The molecule has 0 bridgehead atoms. The molecule has 0 radical (unpaired) electrons. The maximum absolute atomic E-state index is 12.2. The first-order valence-electron chi connectivity index (χ1n) is 8.54. The Morgan fingerprint density at radius 2 is 1.88 bits per heavy atom. The first-order valence-corrected chi connectivity index (χ1v) is 8.54. The van der Waals surface area contributed by atoms with E-state index in [9.17, 15) is 9.59 Å². The van der Waals surface area contributed by atoms with Crippen molar-refractivity contribution >= 4 is 11.8 Å².